The number of nitrogens with one attached hydrogen (secondary N) is 3. The molecule has 0 saturated heterocycles. The number of benzene rings is 1. The number of furan rings is 1. The summed E-state index contributed by atoms with van der Waals surface area (Å²) in [6, 6.07) is 4.84. The Kier molecular flexibility index (Phi) is 14.5. The highest BCUT2D eigenvalue weighted by Crippen LogP contribution is 2.29. The smallest absolute Gasteiger partial charge is 0.326 e. The highest BCUT2D eigenvalue weighted by Gasteiger charge is 2.31. The fraction of sp³-hybridized carbons (Fsp3) is 0.467. The molecule has 246 valence electrons. The number of ether oxygens (including phenoxy) is 1. The van der Waals surface area contributed by atoms with Crippen LogP contribution in [0.4, 0.5) is 0 Å². The molecule has 6 N–H and O–H groups in total. The standard InChI is InChI=1S/C30H40N4O11/c1-4-7-8-9-19(22(5-2)34(43)17-35)27(38)31-16-32-29(40)24-13-12-23(45-24)18-10-11-20(25(14-18)44-6-3)28(39)33-21(30(41)42)15-26(36)37/h10-14,17,19,21-22,43H,4-9,15-16H2,1-3H3,(H,31,38)(H,32,40)(H,33,39)(H,36,37)(H,41,42). The van der Waals surface area contributed by atoms with Crippen molar-refractivity contribution in [2.75, 3.05) is 13.3 Å². The molecule has 3 unspecified atom stereocenters. The van der Waals surface area contributed by atoms with Crippen LogP contribution in [-0.4, -0.2) is 81.9 Å². The van der Waals surface area contributed by atoms with Crippen molar-refractivity contribution in [3.05, 3.63) is 41.7 Å². The van der Waals surface area contributed by atoms with E-state index in [-0.39, 0.29) is 42.5 Å². The van der Waals surface area contributed by atoms with E-state index in [1.807, 2.05) is 6.92 Å². The molecule has 45 heavy (non-hydrogen) atoms. The maximum atomic E-state index is 12.9. The molecular weight excluding hydrogens is 592 g/mol. The summed E-state index contributed by atoms with van der Waals surface area (Å²) >= 11 is 0. The van der Waals surface area contributed by atoms with E-state index >= 15 is 0 Å². The van der Waals surface area contributed by atoms with Crippen molar-refractivity contribution >= 4 is 36.1 Å². The molecule has 1 aromatic heterocycles. The number of carboxylic acids is 2. The molecule has 0 aliphatic rings. The Morgan fingerprint density at radius 3 is 2.33 bits per heavy atom. The third kappa shape index (κ3) is 10.6. The van der Waals surface area contributed by atoms with Gasteiger partial charge >= 0.3 is 11.9 Å². The fourth-order valence-electron chi connectivity index (χ4n) is 4.64. The zero-order valence-corrected chi connectivity index (χ0v) is 25.4. The number of unbranched alkanes of at least 4 members (excludes halogenated alkanes) is 2. The summed E-state index contributed by atoms with van der Waals surface area (Å²) in [5, 5.41) is 36.0. The van der Waals surface area contributed by atoms with Gasteiger partial charge in [-0.3, -0.25) is 29.2 Å². The van der Waals surface area contributed by atoms with Gasteiger partial charge in [-0.25, -0.2) is 9.86 Å². The summed E-state index contributed by atoms with van der Waals surface area (Å²) in [5.41, 5.74) is 0.389. The molecule has 1 heterocycles. The molecule has 0 aliphatic heterocycles. The van der Waals surface area contributed by atoms with Crippen molar-refractivity contribution in [2.45, 2.75) is 71.4 Å². The third-order valence-corrected chi connectivity index (χ3v) is 6.92. The van der Waals surface area contributed by atoms with Crippen LogP contribution in [0.15, 0.2) is 34.7 Å². The monoisotopic (exact) mass is 632 g/mol. The van der Waals surface area contributed by atoms with Gasteiger partial charge in [-0.1, -0.05) is 39.2 Å². The second kappa shape index (κ2) is 18.0. The highest BCUT2D eigenvalue weighted by molar-refractivity contribution is 6.00. The SMILES string of the molecule is CCCCCC(C(=O)NCNC(=O)c1ccc(-c2ccc(C(=O)NC(CC(=O)O)C(=O)O)c(OCC)c2)o1)C(CC)N(O)C=O. The number of rotatable bonds is 20. The first-order chi connectivity index (χ1) is 21.5. The zero-order valence-electron chi connectivity index (χ0n) is 25.4. The topological polar surface area (TPSA) is 225 Å². The van der Waals surface area contributed by atoms with Crippen LogP contribution in [0.25, 0.3) is 11.3 Å². The Morgan fingerprint density at radius 2 is 1.73 bits per heavy atom. The van der Waals surface area contributed by atoms with E-state index in [1.165, 1.54) is 30.3 Å². The molecule has 0 saturated carbocycles. The molecule has 4 amide bonds. The van der Waals surface area contributed by atoms with Gasteiger partial charge in [0.2, 0.25) is 12.3 Å². The molecular formula is C30H40N4O11. The summed E-state index contributed by atoms with van der Waals surface area (Å²) in [5.74, 6) is -5.25. The molecule has 2 aromatic rings. The molecule has 0 aliphatic carbocycles. The normalized spacial score (nSPS) is 12.7. The van der Waals surface area contributed by atoms with E-state index in [1.54, 1.807) is 13.8 Å². The van der Waals surface area contributed by atoms with Gasteiger partial charge in [-0.2, -0.15) is 0 Å². The minimum Gasteiger partial charge on any atom is -0.493 e. The Labute approximate surface area is 259 Å². The fourth-order valence-corrected chi connectivity index (χ4v) is 4.64. The van der Waals surface area contributed by atoms with Crippen LogP contribution in [-0.2, 0) is 19.2 Å². The second-order valence-corrected chi connectivity index (χ2v) is 10.1. The Balaban J connectivity index is 2.11. The van der Waals surface area contributed by atoms with Gasteiger partial charge in [0, 0.05) is 5.56 Å². The van der Waals surface area contributed by atoms with Gasteiger partial charge in [-0.05, 0) is 44.0 Å². The molecule has 15 nitrogen and oxygen atoms in total. The molecule has 3 atom stereocenters. The average molecular weight is 633 g/mol. The van der Waals surface area contributed by atoms with E-state index < -0.39 is 54.1 Å². The Hall–Kier alpha value is -4.92. The third-order valence-electron chi connectivity index (χ3n) is 6.92. The van der Waals surface area contributed by atoms with Crippen molar-refractivity contribution in [1.82, 2.24) is 21.0 Å². The van der Waals surface area contributed by atoms with Crippen molar-refractivity contribution in [2.24, 2.45) is 5.92 Å². The number of hydrogen-bond donors (Lipinski definition) is 6. The number of hydroxylamine groups is 2. The van der Waals surface area contributed by atoms with Crippen molar-refractivity contribution < 1.29 is 53.3 Å². The number of carbonyl (C=O) groups excluding carboxylic acids is 4. The van der Waals surface area contributed by atoms with Crippen LogP contribution in [0.1, 0.15) is 80.2 Å². The molecule has 0 fully saturated rings. The van der Waals surface area contributed by atoms with Crippen LogP contribution in [0.3, 0.4) is 0 Å². The van der Waals surface area contributed by atoms with Crippen LogP contribution in [0, 0.1) is 5.92 Å². The first-order valence-electron chi connectivity index (χ1n) is 14.6. The number of carboxylic acid groups (broad SMARTS) is 2. The molecule has 0 bridgehead atoms. The maximum Gasteiger partial charge on any atom is 0.326 e. The van der Waals surface area contributed by atoms with E-state index in [4.69, 9.17) is 14.3 Å². The van der Waals surface area contributed by atoms with Crippen LogP contribution in [0.5, 0.6) is 5.75 Å². The van der Waals surface area contributed by atoms with Crippen LogP contribution in [0.2, 0.25) is 0 Å². The molecule has 0 spiro atoms. The van der Waals surface area contributed by atoms with Gasteiger partial charge in [0.1, 0.15) is 17.6 Å². The number of amides is 4. The van der Waals surface area contributed by atoms with E-state index in [0.29, 0.717) is 23.5 Å². The minimum atomic E-state index is -1.65. The van der Waals surface area contributed by atoms with E-state index in [0.717, 1.165) is 19.3 Å². The predicted molar refractivity (Wildman–Crippen MR) is 158 cm³/mol. The predicted octanol–water partition coefficient (Wildman–Crippen LogP) is 2.63. The number of aliphatic carboxylic acids is 2. The summed E-state index contributed by atoms with van der Waals surface area (Å²) < 4.78 is 11.2. The summed E-state index contributed by atoms with van der Waals surface area (Å²) in [6.45, 7) is 5.36. The van der Waals surface area contributed by atoms with Crippen LogP contribution < -0.4 is 20.7 Å². The van der Waals surface area contributed by atoms with Gasteiger partial charge in [0.15, 0.2) is 5.76 Å². The molecule has 0 radical (unpaired) electrons. The first kappa shape index (κ1) is 36.3. The minimum absolute atomic E-state index is 0.0340. The number of nitrogens with zero attached hydrogens (tertiary/aromatic N) is 1. The van der Waals surface area contributed by atoms with Gasteiger partial charge in [0.25, 0.3) is 11.8 Å². The summed E-state index contributed by atoms with van der Waals surface area (Å²) in [4.78, 5) is 71.9. The maximum absolute atomic E-state index is 12.9. The molecule has 15 heteroatoms. The Bertz CT molecular complexity index is 1340. The highest BCUT2D eigenvalue weighted by atomic mass is 16.5. The summed E-state index contributed by atoms with van der Waals surface area (Å²) in [6.07, 6.45) is 2.78. The first-order valence-corrected chi connectivity index (χ1v) is 14.6. The quantitative estimate of drug-likeness (QED) is 0.0409. The van der Waals surface area contributed by atoms with Gasteiger partial charge < -0.3 is 35.3 Å². The zero-order chi connectivity index (χ0) is 33.5. The van der Waals surface area contributed by atoms with Crippen molar-refractivity contribution in [3.8, 4) is 17.1 Å². The number of carbonyl (C=O) groups is 6. The van der Waals surface area contributed by atoms with Crippen molar-refractivity contribution in [3.63, 3.8) is 0 Å². The lowest BCUT2D eigenvalue weighted by Gasteiger charge is -2.29. The molecule has 2 rings (SSSR count). The molecule has 1 aromatic carbocycles. The van der Waals surface area contributed by atoms with Gasteiger partial charge in [-0.15, -0.1) is 0 Å². The van der Waals surface area contributed by atoms with Crippen LogP contribution >= 0.6 is 0 Å². The number of hydrogen-bond acceptors (Lipinski definition) is 9. The lowest BCUT2D eigenvalue weighted by atomic mass is 9.90. The lowest BCUT2D eigenvalue weighted by molar-refractivity contribution is -0.168. The Morgan fingerprint density at radius 1 is 1.00 bits per heavy atom. The van der Waals surface area contributed by atoms with E-state index in [9.17, 15) is 39.1 Å². The lowest BCUT2D eigenvalue weighted by Crippen LogP contribution is -2.47. The van der Waals surface area contributed by atoms with Gasteiger partial charge in [0.05, 0.1) is 37.2 Å². The summed E-state index contributed by atoms with van der Waals surface area (Å²) in [7, 11) is 0. The van der Waals surface area contributed by atoms with Crippen molar-refractivity contribution in [1.29, 1.82) is 0 Å². The van der Waals surface area contributed by atoms with E-state index in [2.05, 4.69) is 16.0 Å². The average Bonchev–Trinajstić information content (AvgIpc) is 3.50. The second-order valence-electron chi connectivity index (χ2n) is 10.1. The largest absolute Gasteiger partial charge is 0.493 e.